The molecule has 0 bridgehead atoms. The zero-order chi connectivity index (χ0) is 25.0. The Morgan fingerprint density at radius 3 is 1.39 bits per heavy atom. The van der Waals surface area contributed by atoms with Crippen molar-refractivity contribution in [3.05, 3.63) is 151 Å². The van der Waals surface area contributed by atoms with Gasteiger partial charge in [-0.15, -0.1) is 18.2 Å². The number of nitrogens with one attached hydrogen (secondary N) is 1. The second-order valence-corrected chi connectivity index (χ2v) is 11.5. The van der Waals surface area contributed by atoms with Crippen molar-refractivity contribution < 1.29 is 18.2 Å². The monoisotopic (exact) mass is 616 g/mol. The number of nitrogens with zero attached hydrogens (tertiary/aromatic N) is 1. The normalized spacial score (nSPS) is 11.2. The molecule has 6 heteroatoms. The molecule has 2 nitrogen and oxygen atoms in total. The van der Waals surface area contributed by atoms with Crippen LogP contribution in [0, 0.1) is 0 Å². The first-order chi connectivity index (χ1) is 17.9. The van der Waals surface area contributed by atoms with Gasteiger partial charge in [-0.25, -0.2) is 0 Å². The number of halogens is 1. The molecule has 36 heavy (non-hydrogen) atoms. The van der Waals surface area contributed by atoms with Crippen LogP contribution in [-0.4, -0.2) is 0 Å². The number of anilines is 1. The Balaban J connectivity index is 0.00000148. The van der Waals surface area contributed by atoms with Crippen molar-refractivity contribution in [2.45, 2.75) is 0 Å². The third-order valence-corrected chi connectivity index (χ3v) is 9.45. The average Bonchev–Trinajstić information content (AvgIpc) is 2.98. The predicted molar refractivity (Wildman–Crippen MR) is 155 cm³/mol. The second kappa shape index (κ2) is 14.3. The molecular weight excluding hydrogens is 592 g/mol. The van der Waals surface area contributed by atoms with Crippen LogP contribution in [0.2, 0.25) is 0 Å². The van der Waals surface area contributed by atoms with Crippen molar-refractivity contribution >= 4 is 52.6 Å². The van der Waals surface area contributed by atoms with Crippen molar-refractivity contribution in [2.24, 2.45) is 4.76 Å². The summed E-state index contributed by atoms with van der Waals surface area (Å²) in [6, 6.07) is 51.0. The van der Waals surface area contributed by atoms with Gasteiger partial charge in [0.05, 0.1) is 16.1 Å². The second-order valence-electron chi connectivity index (χ2n) is 7.75. The zero-order valence-electron chi connectivity index (χ0n) is 19.4. The van der Waals surface area contributed by atoms with E-state index in [9.17, 15) is 0 Å². The van der Waals surface area contributed by atoms with Crippen LogP contribution >= 0.6 is 25.7 Å². The van der Waals surface area contributed by atoms with E-state index in [4.69, 9.17) is 4.76 Å². The molecule has 0 aromatic heterocycles. The summed E-state index contributed by atoms with van der Waals surface area (Å²) < 4.78 is 5.24. The molecule has 0 saturated carbocycles. The van der Waals surface area contributed by atoms with Gasteiger partial charge in [0.1, 0.15) is 0 Å². The molecule has 5 aromatic rings. The molecular formula is C30H25ClN2P2Pd. The van der Waals surface area contributed by atoms with E-state index in [1.807, 2.05) is 0 Å². The maximum absolute atomic E-state index is 5.24. The molecule has 0 radical (unpaired) electrons. The Kier molecular flexibility index (Phi) is 10.6. The molecule has 5 aromatic carbocycles. The topological polar surface area (TPSA) is 24.4 Å². The molecule has 0 saturated heterocycles. The van der Waals surface area contributed by atoms with E-state index < -0.39 is 16.1 Å². The van der Waals surface area contributed by atoms with Crippen molar-refractivity contribution in [1.82, 2.24) is 0 Å². The Labute approximate surface area is 230 Å². The number of benzene rings is 5. The van der Waals surface area contributed by atoms with Crippen LogP contribution in [-0.2, 0) is 18.2 Å². The van der Waals surface area contributed by atoms with Crippen molar-refractivity contribution in [3.8, 4) is 0 Å². The third kappa shape index (κ3) is 7.27. The first-order valence-electron chi connectivity index (χ1n) is 11.4. The quantitative estimate of drug-likeness (QED) is 0.126. The van der Waals surface area contributed by atoms with Gasteiger partial charge in [0.2, 0.25) is 0 Å². The van der Waals surface area contributed by atoms with Crippen LogP contribution in [0.25, 0.3) is 0 Å². The molecule has 0 fully saturated rings. The van der Waals surface area contributed by atoms with Gasteiger partial charge >= 0.3 is 27.7 Å². The fourth-order valence-electron chi connectivity index (χ4n) is 3.72. The minimum atomic E-state index is -0.845. The largest absolute Gasteiger partial charge is 0.379 e. The molecule has 0 aliphatic rings. The summed E-state index contributed by atoms with van der Waals surface area (Å²) in [5, 5.41) is 9.89. The third-order valence-electron chi connectivity index (χ3n) is 5.33. The smallest absolute Gasteiger partial charge is 0.0760 e. The standard InChI is InChI=1S/C30H25N2P2.ClH.Pd/c1-5-16-27(17-6-1)33(28-18-7-2-8-19-28)31-25-14-13-15-26(24-25)32-34(29-20-9-3-10-21-29)30-22-11-4-12-23-30;;/h1-24,31H;1H;/q-1;;+2/p-1/b32-26+;;. The van der Waals surface area contributed by atoms with Gasteiger partial charge in [-0.2, -0.15) is 6.07 Å². The average molecular weight is 617 g/mol. The molecule has 0 aliphatic heterocycles. The van der Waals surface area contributed by atoms with Gasteiger partial charge in [-0.05, 0) is 5.36 Å². The van der Waals surface area contributed by atoms with E-state index >= 15 is 0 Å². The van der Waals surface area contributed by atoms with Gasteiger partial charge in [0.25, 0.3) is 0 Å². The van der Waals surface area contributed by atoms with Gasteiger partial charge in [-0.1, -0.05) is 127 Å². The molecule has 5 rings (SSSR count). The fourth-order valence-corrected chi connectivity index (χ4v) is 7.41. The molecule has 1 N–H and O–H groups in total. The summed E-state index contributed by atoms with van der Waals surface area (Å²) in [4.78, 5) is 0. The maximum atomic E-state index is 5.24. The molecule has 0 aliphatic carbocycles. The summed E-state index contributed by atoms with van der Waals surface area (Å²) in [6.07, 6.45) is 0. The van der Waals surface area contributed by atoms with Crippen molar-refractivity contribution in [2.75, 3.05) is 5.09 Å². The Morgan fingerprint density at radius 2 is 0.944 bits per heavy atom. The number of rotatable bonds is 7. The van der Waals surface area contributed by atoms with Crippen LogP contribution < -0.4 is 31.7 Å². The number of hydrogen-bond donors (Lipinski definition) is 1. The summed E-state index contributed by atoms with van der Waals surface area (Å²) in [6.45, 7) is 0. The minimum absolute atomic E-state index is 0.734. The van der Waals surface area contributed by atoms with Gasteiger partial charge < -0.3 is 5.09 Å². The zero-order valence-corrected chi connectivity index (χ0v) is 23.5. The summed E-state index contributed by atoms with van der Waals surface area (Å²) in [5.74, 6) is 0. The first-order valence-corrected chi connectivity index (χ1v) is 16.0. The number of hydrogen-bond acceptors (Lipinski definition) is 2. The van der Waals surface area contributed by atoms with Gasteiger partial charge in [0.15, 0.2) is 0 Å². The molecule has 182 valence electrons. The Hall–Kier alpha value is -2.49. The first kappa shape index (κ1) is 26.6. The van der Waals surface area contributed by atoms with E-state index in [0.29, 0.717) is 0 Å². The van der Waals surface area contributed by atoms with Crippen LogP contribution in [0.15, 0.2) is 150 Å². The van der Waals surface area contributed by atoms with Crippen molar-refractivity contribution in [3.63, 3.8) is 0 Å². The SMILES string of the molecule is [Cl][Pd+].c1ccc(P(/N=c2\cccc(NP(c3ccccc3)c3ccccc3)[cH-]2)c2ccccc2)cc1. The molecule has 0 amide bonds. The molecule has 0 heterocycles. The summed E-state index contributed by atoms with van der Waals surface area (Å²) in [7, 11) is 2.91. The van der Waals surface area contributed by atoms with E-state index in [1.165, 1.54) is 21.2 Å². The van der Waals surface area contributed by atoms with E-state index in [2.05, 4.69) is 178 Å². The maximum Gasteiger partial charge on any atom is 0.0760 e. The molecule has 0 atom stereocenters. The predicted octanol–water partition coefficient (Wildman–Crippen LogP) is 6.50. The van der Waals surface area contributed by atoms with Gasteiger partial charge in [0, 0.05) is 21.2 Å². The molecule has 0 spiro atoms. The fraction of sp³-hybridized carbons (Fsp3) is 0. The molecule has 0 unspecified atom stereocenters. The van der Waals surface area contributed by atoms with Gasteiger partial charge in [-0.3, -0.25) is 4.76 Å². The Morgan fingerprint density at radius 1 is 0.528 bits per heavy atom. The van der Waals surface area contributed by atoms with Crippen LogP contribution in [0.3, 0.4) is 0 Å². The van der Waals surface area contributed by atoms with Crippen LogP contribution in [0.5, 0.6) is 0 Å². The van der Waals surface area contributed by atoms with Crippen LogP contribution in [0.4, 0.5) is 5.69 Å². The summed E-state index contributed by atoms with van der Waals surface area (Å²) in [5.41, 5.74) is 1.08. The van der Waals surface area contributed by atoms with E-state index in [1.54, 1.807) is 0 Å². The van der Waals surface area contributed by atoms with Crippen molar-refractivity contribution in [1.29, 1.82) is 0 Å². The van der Waals surface area contributed by atoms with E-state index in [0.717, 1.165) is 11.0 Å². The van der Waals surface area contributed by atoms with E-state index in [-0.39, 0.29) is 0 Å². The van der Waals surface area contributed by atoms with Crippen LogP contribution in [0.1, 0.15) is 0 Å². The minimum Gasteiger partial charge on any atom is -0.379 e. The summed E-state index contributed by atoms with van der Waals surface area (Å²) >= 11 is 2.22. The Bertz CT molecular complexity index is 1300.